The van der Waals surface area contributed by atoms with E-state index in [0.717, 1.165) is 5.69 Å². The van der Waals surface area contributed by atoms with Gasteiger partial charge in [-0.15, -0.1) is 5.10 Å². The monoisotopic (exact) mass is 299 g/mol. The lowest BCUT2D eigenvalue weighted by Gasteiger charge is -2.07. The van der Waals surface area contributed by atoms with E-state index in [2.05, 4.69) is 10.3 Å². The first kappa shape index (κ1) is 13.3. The van der Waals surface area contributed by atoms with Crippen molar-refractivity contribution >= 4 is 17.6 Å². The van der Waals surface area contributed by atoms with E-state index in [9.17, 15) is 4.79 Å². The summed E-state index contributed by atoms with van der Waals surface area (Å²) in [4.78, 5) is 11.2. The zero-order valence-electron chi connectivity index (χ0n) is 10.8. The van der Waals surface area contributed by atoms with Gasteiger partial charge in [-0.2, -0.15) is 0 Å². The molecule has 0 fully saturated rings. The fourth-order valence-corrected chi connectivity index (χ4v) is 2.24. The molecule has 0 atom stereocenters. The number of hydrogen-bond donors (Lipinski definition) is 1. The molecule has 1 aromatic heterocycles. The molecule has 5 nitrogen and oxygen atoms in total. The Bertz CT molecular complexity index is 800. The number of carbonyl (C=O) groups is 1. The first-order valence-corrected chi connectivity index (χ1v) is 6.54. The van der Waals surface area contributed by atoms with E-state index in [1.54, 1.807) is 23.0 Å². The van der Waals surface area contributed by atoms with Crippen molar-refractivity contribution < 1.29 is 9.90 Å². The SMILES string of the molecule is O=C(O)c1cc(-c2cnnn2-c2ccccc2)ccc1Cl. The van der Waals surface area contributed by atoms with Gasteiger partial charge in [-0.3, -0.25) is 0 Å². The predicted molar refractivity (Wildman–Crippen MR) is 78.8 cm³/mol. The Morgan fingerprint density at radius 1 is 1.14 bits per heavy atom. The minimum atomic E-state index is -1.07. The van der Waals surface area contributed by atoms with Crippen molar-refractivity contribution in [3.05, 3.63) is 65.3 Å². The molecule has 1 heterocycles. The van der Waals surface area contributed by atoms with Crippen LogP contribution in [0.3, 0.4) is 0 Å². The molecule has 2 aromatic carbocycles. The summed E-state index contributed by atoms with van der Waals surface area (Å²) >= 11 is 5.89. The quantitative estimate of drug-likeness (QED) is 0.806. The highest BCUT2D eigenvalue weighted by molar-refractivity contribution is 6.33. The van der Waals surface area contributed by atoms with Crippen molar-refractivity contribution in [2.45, 2.75) is 0 Å². The molecule has 104 valence electrons. The number of carboxylic acid groups (broad SMARTS) is 1. The maximum absolute atomic E-state index is 11.2. The zero-order valence-corrected chi connectivity index (χ0v) is 11.5. The molecule has 3 rings (SSSR count). The number of para-hydroxylation sites is 1. The Morgan fingerprint density at radius 2 is 1.90 bits per heavy atom. The van der Waals surface area contributed by atoms with Crippen LogP contribution in [-0.2, 0) is 0 Å². The minimum Gasteiger partial charge on any atom is -0.478 e. The summed E-state index contributed by atoms with van der Waals surface area (Å²) < 4.78 is 1.65. The Balaban J connectivity index is 2.13. The summed E-state index contributed by atoms with van der Waals surface area (Å²) in [5.74, 6) is -1.07. The second-order valence-corrected chi connectivity index (χ2v) is 4.77. The van der Waals surface area contributed by atoms with Crippen LogP contribution in [0.5, 0.6) is 0 Å². The Labute approximate surface area is 125 Å². The number of nitrogens with zero attached hydrogens (tertiary/aromatic N) is 3. The molecule has 0 spiro atoms. The number of aromatic nitrogens is 3. The molecule has 0 unspecified atom stereocenters. The van der Waals surface area contributed by atoms with E-state index >= 15 is 0 Å². The van der Waals surface area contributed by atoms with Gasteiger partial charge in [0.2, 0.25) is 0 Å². The van der Waals surface area contributed by atoms with Gasteiger partial charge in [0.25, 0.3) is 0 Å². The van der Waals surface area contributed by atoms with E-state index < -0.39 is 5.97 Å². The topological polar surface area (TPSA) is 68.0 Å². The van der Waals surface area contributed by atoms with E-state index in [4.69, 9.17) is 16.7 Å². The molecule has 0 saturated heterocycles. The fraction of sp³-hybridized carbons (Fsp3) is 0. The maximum atomic E-state index is 11.2. The fourth-order valence-electron chi connectivity index (χ4n) is 2.04. The Morgan fingerprint density at radius 3 is 2.62 bits per heavy atom. The average Bonchev–Trinajstić information content (AvgIpc) is 2.98. The highest BCUT2D eigenvalue weighted by Crippen LogP contribution is 2.26. The van der Waals surface area contributed by atoms with E-state index in [-0.39, 0.29) is 10.6 Å². The van der Waals surface area contributed by atoms with Gasteiger partial charge in [0.05, 0.1) is 28.2 Å². The van der Waals surface area contributed by atoms with Gasteiger partial charge < -0.3 is 5.11 Å². The predicted octanol–water partition coefficient (Wildman–Crippen LogP) is 3.29. The number of hydrogen-bond acceptors (Lipinski definition) is 3. The van der Waals surface area contributed by atoms with Crippen LogP contribution in [0.2, 0.25) is 5.02 Å². The molecule has 0 bridgehead atoms. The van der Waals surface area contributed by atoms with Gasteiger partial charge in [0.15, 0.2) is 0 Å². The number of benzene rings is 2. The van der Waals surface area contributed by atoms with Crippen LogP contribution < -0.4 is 0 Å². The standard InChI is InChI=1S/C15H10ClN3O2/c16-13-7-6-10(8-12(13)15(20)21)14-9-17-18-19(14)11-4-2-1-3-5-11/h1-9H,(H,20,21). The first-order chi connectivity index (χ1) is 10.2. The Hall–Kier alpha value is -2.66. The van der Waals surface area contributed by atoms with Gasteiger partial charge >= 0.3 is 5.97 Å². The summed E-state index contributed by atoms with van der Waals surface area (Å²) in [6.45, 7) is 0. The van der Waals surface area contributed by atoms with Crippen molar-refractivity contribution in [3.63, 3.8) is 0 Å². The maximum Gasteiger partial charge on any atom is 0.337 e. The summed E-state index contributed by atoms with van der Waals surface area (Å²) in [7, 11) is 0. The van der Waals surface area contributed by atoms with Crippen LogP contribution >= 0.6 is 11.6 Å². The Kier molecular flexibility index (Phi) is 3.41. The van der Waals surface area contributed by atoms with E-state index in [1.165, 1.54) is 6.07 Å². The molecule has 0 aliphatic heterocycles. The molecular formula is C15H10ClN3O2. The zero-order chi connectivity index (χ0) is 14.8. The van der Waals surface area contributed by atoms with Crippen LogP contribution in [0.4, 0.5) is 0 Å². The van der Waals surface area contributed by atoms with E-state index in [0.29, 0.717) is 11.3 Å². The molecule has 6 heteroatoms. The summed E-state index contributed by atoms with van der Waals surface area (Å²) in [6, 6.07) is 14.3. The molecule has 0 amide bonds. The molecule has 0 saturated carbocycles. The van der Waals surface area contributed by atoms with E-state index in [1.807, 2.05) is 30.3 Å². The van der Waals surface area contributed by atoms with Crippen LogP contribution in [0, 0.1) is 0 Å². The summed E-state index contributed by atoms with van der Waals surface area (Å²) in [6.07, 6.45) is 1.59. The number of aromatic carboxylic acids is 1. The van der Waals surface area contributed by atoms with Crippen molar-refractivity contribution in [2.75, 3.05) is 0 Å². The smallest absolute Gasteiger partial charge is 0.337 e. The molecule has 0 aliphatic carbocycles. The molecule has 1 N–H and O–H groups in total. The lowest BCUT2D eigenvalue weighted by molar-refractivity contribution is 0.0697. The van der Waals surface area contributed by atoms with Crippen molar-refractivity contribution in [1.82, 2.24) is 15.0 Å². The molecule has 0 radical (unpaired) electrons. The summed E-state index contributed by atoms with van der Waals surface area (Å²) in [5.41, 5.74) is 2.28. The van der Waals surface area contributed by atoms with Crippen LogP contribution in [0.1, 0.15) is 10.4 Å². The second kappa shape index (κ2) is 5.38. The highest BCUT2D eigenvalue weighted by Gasteiger charge is 2.14. The van der Waals surface area contributed by atoms with Gasteiger partial charge in [0.1, 0.15) is 0 Å². The third-order valence-corrected chi connectivity index (χ3v) is 3.37. The third kappa shape index (κ3) is 2.51. The third-order valence-electron chi connectivity index (χ3n) is 3.04. The van der Waals surface area contributed by atoms with Gasteiger partial charge in [0, 0.05) is 5.56 Å². The van der Waals surface area contributed by atoms with Crippen molar-refractivity contribution in [2.24, 2.45) is 0 Å². The highest BCUT2D eigenvalue weighted by atomic mass is 35.5. The first-order valence-electron chi connectivity index (χ1n) is 6.16. The minimum absolute atomic E-state index is 0.0509. The van der Waals surface area contributed by atoms with Crippen LogP contribution in [-0.4, -0.2) is 26.1 Å². The number of halogens is 1. The molecule has 3 aromatic rings. The van der Waals surface area contributed by atoms with Crippen LogP contribution in [0.25, 0.3) is 16.9 Å². The number of rotatable bonds is 3. The van der Waals surface area contributed by atoms with Gasteiger partial charge in [-0.1, -0.05) is 41.1 Å². The lowest BCUT2D eigenvalue weighted by atomic mass is 10.1. The molecular weight excluding hydrogens is 290 g/mol. The normalized spacial score (nSPS) is 10.5. The van der Waals surface area contributed by atoms with Crippen molar-refractivity contribution in [1.29, 1.82) is 0 Å². The largest absolute Gasteiger partial charge is 0.478 e. The second-order valence-electron chi connectivity index (χ2n) is 4.37. The van der Waals surface area contributed by atoms with Gasteiger partial charge in [-0.05, 0) is 24.3 Å². The number of carboxylic acids is 1. The van der Waals surface area contributed by atoms with Crippen molar-refractivity contribution in [3.8, 4) is 16.9 Å². The molecule has 21 heavy (non-hydrogen) atoms. The lowest BCUT2D eigenvalue weighted by Crippen LogP contribution is -2.01. The molecule has 0 aliphatic rings. The van der Waals surface area contributed by atoms with Crippen LogP contribution in [0.15, 0.2) is 54.7 Å². The van der Waals surface area contributed by atoms with Gasteiger partial charge in [-0.25, -0.2) is 9.48 Å². The average molecular weight is 300 g/mol. The summed E-state index contributed by atoms with van der Waals surface area (Å²) in [5, 5.41) is 17.3.